The lowest BCUT2D eigenvalue weighted by molar-refractivity contribution is -0.192. The summed E-state index contributed by atoms with van der Waals surface area (Å²) in [5.74, 6) is -2.76. The number of H-pyrrole nitrogens is 1. The maximum Gasteiger partial charge on any atom is 0.490 e. The summed E-state index contributed by atoms with van der Waals surface area (Å²) in [6, 6.07) is 6.24. The van der Waals surface area contributed by atoms with E-state index < -0.39 is 12.1 Å². The zero-order valence-electron chi connectivity index (χ0n) is 13.5. The summed E-state index contributed by atoms with van der Waals surface area (Å²) in [5.41, 5.74) is 3.01. The highest BCUT2D eigenvalue weighted by Gasteiger charge is 2.38. The SMILES string of the molecule is CC(CC#N)n1cc(-c2ccnc3[nH]ccc23)cn1.O=C(O)C(F)(F)F. The lowest BCUT2D eigenvalue weighted by atomic mass is 10.1. The molecule has 0 aromatic carbocycles. The minimum Gasteiger partial charge on any atom is -0.475 e. The fourth-order valence-electron chi connectivity index (χ4n) is 2.16. The third kappa shape index (κ3) is 4.38. The van der Waals surface area contributed by atoms with Crippen molar-refractivity contribution in [3.8, 4) is 17.2 Å². The van der Waals surface area contributed by atoms with Crippen LogP contribution >= 0.6 is 0 Å². The van der Waals surface area contributed by atoms with Crippen LogP contribution in [0.2, 0.25) is 0 Å². The summed E-state index contributed by atoms with van der Waals surface area (Å²) >= 11 is 0. The van der Waals surface area contributed by atoms with Gasteiger partial charge in [0.1, 0.15) is 5.65 Å². The molecule has 0 aliphatic heterocycles. The van der Waals surface area contributed by atoms with Gasteiger partial charge in [0.05, 0.1) is 24.7 Å². The molecule has 0 fully saturated rings. The lowest BCUT2D eigenvalue weighted by Crippen LogP contribution is -2.21. The molecule has 26 heavy (non-hydrogen) atoms. The summed E-state index contributed by atoms with van der Waals surface area (Å²) in [7, 11) is 0. The number of nitrogens with one attached hydrogen (secondary N) is 1. The number of fused-ring (bicyclic) bond motifs is 1. The minimum atomic E-state index is -5.08. The zero-order valence-corrected chi connectivity index (χ0v) is 13.5. The molecule has 136 valence electrons. The number of hydrogen-bond acceptors (Lipinski definition) is 4. The van der Waals surface area contributed by atoms with Crippen molar-refractivity contribution in [3.05, 3.63) is 36.9 Å². The van der Waals surface area contributed by atoms with Gasteiger partial charge in [0.25, 0.3) is 0 Å². The van der Waals surface area contributed by atoms with Crippen molar-refractivity contribution in [2.75, 3.05) is 0 Å². The predicted octanol–water partition coefficient (Wildman–Crippen LogP) is 3.53. The Bertz CT molecular complexity index is 939. The second-order valence-electron chi connectivity index (χ2n) is 5.32. The highest BCUT2D eigenvalue weighted by molar-refractivity contribution is 5.92. The molecule has 0 saturated carbocycles. The smallest absolute Gasteiger partial charge is 0.475 e. The van der Waals surface area contributed by atoms with Crippen molar-refractivity contribution in [2.24, 2.45) is 0 Å². The van der Waals surface area contributed by atoms with Gasteiger partial charge in [-0.1, -0.05) is 0 Å². The molecule has 7 nitrogen and oxygen atoms in total. The molecule has 0 aliphatic carbocycles. The Morgan fingerprint density at radius 1 is 1.46 bits per heavy atom. The van der Waals surface area contributed by atoms with Gasteiger partial charge in [-0.2, -0.15) is 23.5 Å². The van der Waals surface area contributed by atoms with Crippen LogP contribution in [0.3, 0.4) is 0 Å². The van der Waals surface area contributed by atoms with Gasteiger partial charge in [0.2, 0.25) is 0 Å². The van der Waals surface area contributed by atoms with Crippen LogP contribution in [0.1, 0.15) is 19.4 Å². The number of halogens is 3. The first-order chi connectivity index (χ1) is 12.2. The average Bonchev–Trinajstić information content (AvgIpc) is 3.24. The Labute approximate surface area is 145 Å². The van der Waals surface area contributed by atoms with Gasteiger partial charge < -0.3 is 10.1 Å². The monoisotopic (exact) mass is 365 g/mol. The average molecular weight is 365 g/mol. The molecule has 10 heteroatoms. The van der Waals surface area contributed by atoms with E-state index in [9.17, 15) is 13.2 Å². The Morgan fingerprint density at radius 2 is 2.15 bits per heavy atom. The molecular weight excluding hydrogens is 351 g/mol. The first-order valence-electron chi connectivity index (χ1n) is 7.37. The van der Waals surface area contributed by atoms with Crippen molar-refractivity contribution in [2.45, 2.75) is 25.6 Å². The first kappa shape index (κ1) is 19.0. The molecule has 0 spiro atoms. The standard InChI is InChI=1S/C14H13N5.C2HF3O2/c1-10(2-5-15)19-9-11(8-18-19)12-3-6-16-14-13(12)4-7-17-14;3-2(4,5)1(6)7/h3-4,6-10H,2H2,1H3,(H,16,17);(H,6,7). The van der Waals surface area contributed by atoms with Crippen LogP contribution in [-0.2, 0) is 4.79 Å². The molecular formula is C16H14F3N5O2. The van der Waals surface area contributed by atoms with E-state index in [1.54, 1.807) is 6.20 Å². The highest BCUT2D eigenvalue weighted by atomic mass is 19.4. The molecule has 0 bridgehead atoms. The Kier molecular flexibility index (Phi) is 5.61. The quantitative estimate of drug-likeness (QED) is 0.738. The van der Waals surface area contributed by atoms with Crippen LogP contribution in [0.5, 0.6) is 0 Å². The topological polar surface area (TPSA) is 108 Å². The Hall–Kier alpha value is -3.35. The van der Waals surface area contributed by atoms with Crippen LogP contribution in [0.4, 0.5) is 13.2 Å². The number of aromatic amines is 1. The summed E-state index contributed by atoms with van der Waals surface area (Å²) in [6.45, 7) is 1.98. The van der Waals surface area contributed by atoms with Gasteiger partial charge in [-0.25, -0.2) is 9.78 Å². The molecule has 0 radical (unpaired) electrons. The maximum absolute atomic E-state index is 10.6. The van der Waals surface area contributed by atoms with E-state index in [2.05, 4.69) is 21.1 Å². The van der Waals surface area contributed by atoms with Gasteiger partial charge in [0, 0.05) is 29.5 Å². The number of alkyl halides is 3. The van der Waals surface area contributed by atoms with Crippen LogP contribution < -0.4 is 0 Å². The largest absolute Gasteiger partial charge is 0.490 e. The van der Waals surface area contributed by atoms with Gasteiger partial charge >= 0.3 is 12.1 Å². The third-order valence-electron chi connectivity index (χ3n) is 3.45. The highest BCUT2D eigenvalue weighted by Crippen LogP contribution is 2.27. The van der Waals surface area contributed by atoms with Crippen LogP contribution in [0.15, 0.2) is 36.9 Å². The molecule has 0 aliphatic rings. The van der Waals surface area contributed by atoms with E-state index in [-0.39, 0.29) is 6.04 Å². The predicted molar refractivity (Wildman–Crippen MR) is 85.9 cm³/mol. The van der Waals surface area contributed by atoms with E-state index in [0.717, 1.165) is 22.2 Å². The summed E-state index contributed by atoms with van der Waals surface area (Å²) < 4.78 is 33.6. The fraction of sp³-hybridized carbons (Fsp3) is 0.250. The Balaban J connectivity index is 0.000000298. The molecule has 2 N–H and O–H groups in total. The number of carboxylic acids is 1. The van der Waals surface area contributed by atoms with Crippen molar-refractivity contribution in [1.82, 2.24) is 19.7 Å². The molecule has 0 saturated heterocycles. The second kappa shape index (κ2) is 7.69. The number of nitrogens with zero attached hydrogens (tertiary/aromatic N) is 4. The van der Waals surface area contributed by atoms with Gasteiger partial charge in [0.15, 0.2) is 0 Å². The van der Waals surface area contributed by atoms with Gasteiger partial charge in [-0.3, -0.25) is 4.68 Å². The summed E-state index contributed by atoms with van der Waals surface area (Å²) in [4.78, 5) is 16.3. The number of aromatic nitrogens is 4. The van der Waals surface area contributed by atoms with Crippen molar-refractivity contribution >= 4 is 17.0 Å². The van der Waals surface area contributed by atoms with E-state index in [0.29, 0.717) is 6.42 Å². The van der Waals surface area contributed by atoms with Crippen LogP contribution in [0.25, 0.3) is 22.2 Å². The maximum atomic E-state index is 10.6. The minimum absolute atomic E-state index is 0.0855. The van der Waals surface area contributed by atoms with Gasteiger partial charge in [-0.15, -0.1) is 0 Å². The number of carboxylic acid groups (broad SMARTS) is 1. The number of nitriles is 1. The molecule has 1 atom stereocenters. The number of rotatable bonds is 3. The van der Waals surface area contributed by atoms with E-state index >= 15 is 0 Å². The normalized spacial score (nSPS) is 12.1. The van der Waals surface area contributed by atoms with Gasteiger partial charge in [-0.05, 0) is 24.6 Å². The zero-order chi connectivity index (χ0) is 19.3. The van der Waals surface area contributed by atoms with Crippen molar-refractivity contribution in [3.63, 3.8) is 0 Å². The fourth-order valence-corrected chi connectivity index (χ4v) is 2.16. The molecule has 3 aromatic rings. The Morgan fingerprint density at radius 3 is 2.77 bits per heavy atom. The van der Waals surface area contributed by atoms with Crippen molar-refractivity contribution in [1.29, 1.82) is 5.26 Å². The van der Waals surface area contributed by atoms with Crippen molar-refractivity contribution < 1.29 is 23.1 Å². The number of pyridine rings is 1. The number of hydrogen-bond donors (Lipinski definition) is 2. The number of carbonyl (C=O) groups is 1. The summed E-state index contributed by atoms with van der Waals surface area (Å²) in [6.07, 6.45) is 2.84. The van der Waals surface area contributed by atoms with Crippen LogP contribution in [0, 0.1) is 11.3 Å². The van der Waals surface area contributed by atoms with E-state index in [1.807, 2.05) is 42.3 Å². The molecule has 0 amide bonds. The molecule has 3 rings (SSSR count). The molecule has 1 unspecified atom stereocenters. The summed E-state index contributed by atoms with van der Waals surface area (Å²) in [5, 5.41) is 21.3. The first-order valence-corrected chi connectivity index (χ1v) is 7.37. The van der Waals surface area contributed by atoms with E-state index in [1.165, 1.54) is 0 Å². The third-order valence-corrected chi connectivity index (χ3v) is 3.45. The number of aliphatic carboxylic acids is 1. The molecule has 3 aromatic heterocycles. The van der Waals surface area contributed by atoms with E-state index in [4.69, 9.17) is 15.2 Å². The molecule has 3 heterocycles. The lowest BCUT2D eigenvalue weighted by Gasteiger charge is -2.06. The van der Waals surface area contributed by atoms with Crippen LogP contribution in [-0.4, -0.2) is 37.0 Å². The second-order valence-corrected chi connectivity index (χ2v) is 5.32.